The number of nitrogens with zero attached hydrogens (tertiary/aromatic N) is 3. The standard InChI is InChI=1S/C21H15F5N4O2/c1-29-7-6-11(10-29)16-17(27)18-15(8-12(9-28-18)21(24,25)26)30(19(16)31)13-2-4-14(5-3-13)32-20(22)23/h2-10,20H,27H2,1H3. The fraction of sp³-hybridized carbons (Fsp3) is 0.143. The van der Waals surface area contributed by atoms with Crippen molar-refractivity contribution >= 4 is 16.7 Å². The zero-order valence-corrected chi connectivity index (χ0v) is 16.4. The number of nitrogens with two attached hydrogens (primary N) is 1. The van der Waals surface area contributed by atoms with Crippen LogP contribution in [-0.2, 0) is 13.2 Å². The molecule has 0 aliphatic rings. The minimum Gasteiger partial charge on any atom is -0.435 e. The summed E-state index contributed by atoms with van der Waals surface area (Å²) in [7, 11) is 1.73. The Hall–Kier alpha value is -3.89. The lowest BCUT2D eigenvalue weighted by Gasteiger charge is -2.17. The van der Waals surface area contributed by atoms with E-state index >= 15 is 0 Å². The van der Waals surface area contributed by atoms with Gasteiger partial charge in [-0.25, -0.2) is 0 Å². The van der Waals surface area contributed by atoms with Gasteiger partial charge in [0.2, 0.25) is 0 Å². The van der Waals surface area contributed by atoms with Gasteiger partial charge in [0.15, 0.2) is 0 Å². The van der Waals surface area contributed by atoms with E-state index < -0.39 is 23.9 Å². The number of fused-ring (bicyclic) bond motifs is 1. The van der Waals surface area contributed by atoms with Crippen LogP contribution in [0.25, 0.3) is 27.8 Å². The van der Waals surface area contributed by atoms with Gasteiger partial charge in [-0.1, -0.05) is 0 Å². The van der Waals surface area contributed by atoms with Crippen LogP contribution in [0.2, 0.25) is 0 Å². The first-order valence-corrected chi connectivity index (χ1v) is 9.15. The number of anilines is 1. The first kappa shape index (κ1) is 21.3. The molecule has 166 valence electrons. The predicted octanol–water partition coefficient (Wildman–Crippen LogP) is 4.59. The van der Waals surface area contributed by atoms with Gasteiger partial charge in [-0.15, -0.1) is 0 Å². The van der Waals surface area contributed by atoms with Crippen LogP contribution >= 0.6 is 0 Å². The van der Waals surface area contributed by atoms with Crippen molar-refractivity contribution in [3.8, 4) is 22.6 Å². The van der Waals surface area contributed by atoms with Gasteiger partial charge in [-0.3, -0.25) is 14.3 Å². The van der Waals surface area contributed by atoms with Crippen molar-refractivity contribution in [2.24, 2.45) is 7.05 Å². The van der Waals surface area contributed by atoms with Crippen molar-refractivity contribution in [2.45, 2.75) is 12.8 Å². The lowest BCUT2D eigenvalue weighted by atomic mass is 10.1. The number of hydrogen-bond acceptors (Lipinski definition) is 4. The van der Waals surface area contributed by atoms with Crippen LogP contribution in [0.4, 0.5) is 27.6 Å². The van der Waals surface area contributed by atoms with Crippen molar-refractivity contribution in [1.29, 1.82) is 0 Å². The minimum atomic E-state index is -4.70. The Balaban J connectivity index is 2.05. The molecule has 0 atom stereocenters. The van der Waals surface area contributed by atoms with Gasteiger partial charge in [-0.05, 0) is 36.4 Å². The molecule has 6 nitrogen and oxygen atoms in total. The number of alkyl halides is 5. The van der Waals surface area contributed by atoms with E-state index in [1.165, 1.54) is 24.3 Å². The summed E-state index contributed by atoms with van der Waals surface area (Å²) in [5, 5.41) is 0. The van der Waals surface area contributed by atoms with Crippen LogP contribution in [0.1, 0.15) is 5.56 Å². The second-order valence-electron chi connectivity index (χ2n) is 6.96. The molecule has 0 fully saturated rings. The van der Waals surface area contributed by atoms with Gasteiger partial charge in [0.1, 0.15) is 11.3 Å². The third-order valence-electron chi connectivity index (χ3n) is 4.82. The third kappa shape index (κ3) is 3.77. The molecule has 32 heavy (non-hydrogen) atoms. The summed E-state index contributed by atoms with van der Waals surface area (Å²) in [4.78, 5) is 17.3. The van der Waals surface area contributed by atoms with Gasteiger partial charge in [0, 0.05) is 36.9 Å². The normalized spacial score (nSPS) is 12.0. The van der Waals surface area contributed by atoms with Crippen LogP contribution in [0, 0.1) is 0 Å². The second-order valence-corrected chi connectivity index (χ2v) is 6.96. The van der Waals surface area contributed by atoms with Crippen LogP contribution in [0.3, 0.4) is 0 Å². The Morgan fingerprint density at radius 1 is 1.12 bits per heavy atom. The van der Waals surface area contributed by atoms with E-state index in [1.54, 1.807) is 30.1 Å². The summed E-state index contributed by atoms with van der Waals surface area (Å²) in [5.41, 5.74) is 4.79. The van der Waals surface area contributed by atoms with E-state index in [4.69, 9.17) is 5.73 Å². The van der Waals surface area contributed by atoms with E-state index in [0.29, 0.717) is 11.8 Å². The Labute approximate surface area is 177 Å². The van der Waals surface area contributed by atoms with Crippen LogP contribution in [-0.4, -0.2) is 20.7 Å². The Morgan fingerprint density at radius 3 is 2.38 bits per heavy atom. The highest BCUT2D eigenvalue weighted by molar-refractivity contribution is 5.96. The zero-order valence-electron chi connectivity index (χ0n) is 16.4. The zero-order chi connectivity index (χ0) is 23.2. The molecule has 11 heteroatoms. The van der Waals surface area contributed by atoms with E-state index in [0.717, 1.165) is 10.6 Å². The topological polar surface area (TPSA) is 75.1 Å². The van der Waals surface area contributed by atoms with E-state index in [1.807, 2.05) is 0 Å². The molecule has 3 heterocycles. The second kappa shape index (κ2) is 7.66. The molecule has 0 unspecified atom stereocenters. The fourth-order valence-corrected chi connectivity index (χ4v) is 3.40. The summed E-state index contributed by atoms with van der Waals surface area (Å²) in [6.07, 6.45) is -0.752. The molecule has 4 aromatic rings. The molecule has 3 aromatic heterocycles. The van der Waals surface area contributed by atoms with E-state index in [9.17, 15) is 26.7 Å². The number of hydrogen-bond donors (Lipinski definition) is 1. The molecule has 0 radical (unpaired) electrons. The molecule has 2 N–H and O–H groups in total. The number of aryl methyl sites for hydroxylation is 1. The number of benzene rings is 1. The van der Waals surface area contributed by atoms with Crippen LogP contribution in [0.15, 0.2) is 59.8 Å². The van der Waals surface area contributed by atoms with Gasteiger partial charge in [-0.2, -0.15) is 22.0 Å². The molecule has 0 amide bonds. The fourth-order valence-electron chi connectivity index (χ4n) is 3.40. The van der Waals surface area contributed by atoms with Gasteiger partial charge >= 0.3 is 12.8 Å². The summed E-state index contributed by atoms with van der Waals surface area (Å²) in [6, 6.07) is 7.33. The molecule has 0 saturated heterocycles. The predicted molar refractivity (Wildman–Crippen MR) is 108 cm³/mol. The van der Waals surface area contributed by atoms with Gasteiger partial charge < -0.3 is 15.0 Å². The highest BCUT2D eigenvalue weighted by Gasteiger charge is 2.32. The third-order valence-corrected chi connectivity index (χ3v) is 4.82. The Morgan fingerprint density at radius 2 is 1.81 bits per heavy atom. The summed E-state index contributed by atoms with van der Waals surface area (Å²) < 4.78 is 71.9. The van der Waals surface area contributed by atoms with Crippen molar-refractivity contribution < 1.29 is 26.7 Å². The van der Waals surface area contributed by atoms with E-state index in [-0.39, 0.29) is 33.7 Å². The maximum atomic E-state index is 13.5. The highest BCUT2D eigenvalue weighted by Crippen LogP contribution is 2.34. The molecule has 0 aliphatic heterocycles. The summed E-state index contributed by atoms with van der Waals surface area (Å²) in [6.45, 7) is -3.05. The average Bonchev–Trinajstić information content (AvgIpc) is 3.13. The summed E-state index contributed by atoms with van der Waals surface area (Å²) in [5.74, 6) is -0.172. The number of ether oxygens (including phenoxy) is 1. The Bertz CT molecular complexity index is 1360. The molecular formula is C21H15F5N4O2. The van der Waals surface area contributed by atoms with Gasteiger partial charge in [0.25, 0.3) is 5.56 Å². The monoisotopic (exact) mass is 450 g/mol. The summed E-state index contributed by atoms with van der Waals surface area (Å²) >= 11 is 0. The number of rotatable bonds is 4. The molecular weight excluding hydrogens is 435 g/mol. The van der Waals surface area contributed by atoms with Crippen molar-refractivity contribution in [1.82, 2.24) is 14.1 Å². The smallest absolute Gasteiger partial charge is 0.417 e. The molecule has 0 bridgehead atoms. The van der Waals surface area contributed by atoms with Crippen molar-refractivity contribution in [3.05, 3.63) is 70.9 Å². The lowest BCUT2D eigenvalue weighted by molar-refractivity contribution is -0.137. The first-order valence-electron chi connectivity index (χ1n) is 9.15. The maximum absolute atomic E-state index is 13.5. The van der Waals surface area contributed by atoms with Crippen molar-refractivity contribution in [2.75, 3.05) is 5.73 Å². The highest BCUT2D eigenvalue weighted by atomic mass is 19.4. The van der Waals surface area contributed by atoms with Gasteiger partial charge in [0.05, 0.1) is 22.3 Å². The quantitative estimate of drug-likeness (QED) is 0.462. The number of pyridine rings is 2. The largest absolute Gasteiger partial charge is 0.435 e. The molecule has 4 rings (SSSR count). The van der Waals surface area contributed by atoms with Crippen LogP contribution in [0.5, 0.6) is 5.75 Å². The average molecular weight is 450 g/mol. The number of halogens is 5. The molecule has 0 saturated carbocycles. The number of nitrogen functional groups attached to an aromatic ring is 1. The van der Waals surface area contributed by atoms with Crippen LogP contribution < -0.4 is 16.0 Å². The first-order chi connectivity index (χ1) is 15.1. The molecule has 0 spiro atoms. The van der Waals surface area contributed by atoms with Crippen molar-refractivity contribution in [3.63, 3.8) is 0 Å². The SMILES string of the molecule is Cn1ccc(-c2c(N)c3ncc(C(F)(F)F)cc3n(-c3ccc(OC(F)F)cc3)c2=O)c1. The molecule has 0 aliphatic carbocycles. The minimum absolute atomic E-state index is 0.00985. The number of aromatic nitrogens is 3. The maximum Gasteiger partial charge on any atom is 0.417 e. The lowest BCUT2D eigenvalue weighted by Crippen LogP contribution is -2.23. The Kier molecular flexibility index (Phi) is 5.11. The van der Waals surface area contributed by atoms with E-state index in [2.05, 4.69) is 9.72 Å². The molecule has 1 aromatic carbocycles.